The number of hydrogen-bond donors (Lipinski definition) is 0. The monoisotopic (exact) mass is 353 g/mol. The Labute approximate surface area is 149 Å². The van der Waals surface area contributed by atoms with Crippen LogP contribution in [0.15, 0.2) is 53.9 Å². The Morgan fingerprint density at radius 1 is 1.17 bits per heavy atom. The topological polar surface area (TPSA) is 30.7 Å². The van der Waals surface area contributed by atoms with E-state index in [-0.39, 0.29) is 0 Å². The second-order valence-electron chi connectivity index (χ2n) is 5.81. The maximum atomic E-state index is 4.62. The number of fused-ring (bicyclic) bond motifs is 2. The van der Waals surface area contributed by atoms with Gasteiger partial charge < -0.3 is 4.57 Å². The summed E-state index contributed by atoms with van der Waals surface area (Å²) in [6.45, 7) is 3.23. The first-order chi connectivity index (χ1) is 11.8. The van der Waals surface area contributed by atoms with E-state index in [1.165, 1.54) is 33.3 Å². The summed E-state index contributed by atoms with van der Waals surface area (Å²) >= 11 is 3.68. The van der Waals surface area contributed by atoms with E-state index in [0.717, 1.165) is 22.8 Å². The first-order valence-corrected chi connectivity index (χ1v) is 10.1. The highest BCUT2D eigenvalue weighted by Crippen LogP contribution is 2.33. The van der Waals surface area contributed by atoms with Crippen molar-refractivity contribution >= 4 is 44.2 Å². The van der Waals surface area contributed by atoms with Crippen LogP contribution >= 0.6 is 23.1 Å². The van der Waals surface area contributed by atoms with Crippen LogP contribution in [0.1, 0.15) is 24.6 Å². The molecule has 122 valence electrons. The Hall–Kier alpha value is -1.85. The molecule has 0 bridgehead atoms. The molecule has 3 nitrogen and oxygen atoms in total. The molecule has 0 aliphatic heterocycles. The molecule has 4 aromatic rings. The van der Waals surface area contributed by atoms with Gasteiger partial charge in [-0.2, -0.15) is 0 Å². The van der Waals surface area contributed by atoms with E-state index in [2.05, 4.69) is 51.8 Å². The molecule has 0 saturated carbocycles. The number of aryl methyl sites for hydroxylation is 1. The van der Waals surface area contributed by atoms with Gasteiger partial charge in [-0.1, -0.05) is 43.3 Å². The molecule has 0 radical (unpaired) electrons. The smallest absolute Gasteiger partial charge is 0.122 e. The largest absolute Gasteiger partial charge is 0.328 e. The minimum atomic E-state index is 0.949. The average molecular weight is 354 g/mol. The van der Waals surface area contributed by atoms with Crippen LogP contribution in [-0.2, 0) is 12.3 Å². The van der Waals surface area contributed by atoms with Gasteiger partial charge in [-0.05, 0) is 30.0 Å². The Balaban J connectivity index is 1.60. The predicted octanol–water partition coefficient (Wildman–Crippen LogP) is 5.74. The van der Waals surface area contributed by atoms with Crippen LogP contribution in [0.2, 0.25) is 0 Å². The van der Waals surface area contributed by atoms with Gasteiger partial charge in [-0.15, -0.1) is 11.3 Å². The molecule has 1 aromatic carbocycles. The number of hydrogen-bond acceptors (Lipinski definition) is 4. The summed E-state index contributed by atoms with van der Waals surface area (Å²) in [5.74, 6) is 0.949. The average Bonchev–Trinajstić information content (AvgIpc) is 3.22. The lowest BCUT2D eigenvalue weighted by Gasteiger charge is -2.06. The number of rotatable bonds is 6. The van der Waals surface area contributed by atoms with Gasteiger partial charge in [0.05, 0.1) is 11.8 Å². The summed E-state index contributed by atoms with van der Waals surface area (Å²) in [6.07, 6.45) is 6.17. The Kier molecular flexibility index (Phi) is 4.54. The molecule has 0 fully saturated rings. The molecule has 0 N–H and O–H groups in total. The van der Waals surface area contributed by atoms with Gasteiger partial charge in [0.2, 0.25) is 0 Å². The predicted molar refractivity (Wildman–Crippen MR) is 104 cm³/mol. The van der Waals surface area contributed by atoms with E-state index in [0.29, 0.717) is 0 Å². The lowest BCUT2D eigenvalue weighted by atomic mass is 10.2. The maximum Gasteiger partial charge on any atom is 0.122 e. The molecular formula is C19H19N3S2. The Bertz CT molecular complexity index is 938. The van der Waals surface area contributed by atoms with Gasteiger partial charge in [-0.3, -0.25) is 0 Å². The normalized spacial score (nSPS) is 11.5. The van der Waals surface area contributed by atoms with E-state index in [4.69, 9.17) is 0 Å². The molecule has 0 amide bonds. The van der Waals surface area contributed by atoms with E-state index < -0.39 is 0 Å². The number of nitrogens with zero attached hydrogens (tertiary/aromatic N) is 3. The molecule has 0 aliphatic rings. The Morgan fingerprint density at radius 3 is 2.96 bits per heavy atom. The van der Waals surface area contributed by atoms with Gasteiger partial charge in [-0.25, -0.2) is 9.97 Å². The summed E-state index contributed by atoms with van der Waals surface area (Å²) in [4.78, 5) is 10.5. The van der Waals surface area contributed by atoms with Crippen LogP contribution < -0.4 is 0 Å². The van der Waals surface area contributed by atoms with Crippen molar-refractivity contribution < 1.29 is 0 Å². The summed E-state index contributed by atoms with van der Waals surface area (Å²) in [6, 6.07) is 12.9. The van der Waals surface area contributed by atoms with Crippen molar-refractivity contribution in [1.29, 1.82) is 0 Å². The van der Waals surface area contributed by atoms with Crippen molar-refractivity contribution in [1.82, 2.24) is 14.5 Å². The molecule has 0 aliphatic carbocycles. The number of imidazole rings is 1. The van der Waals surface area contributed by atoms with E-state index >= 15 is 0 Å². The summed E-state index contributed by atoms with van der Waals surface area (Å²) < 4.78 is 3.60. The van der Waals surface area contributed by atoms with E-state index in [1.54, 1.807) is 0 Å². The van der Waals surface area contributed by atoms with Crippen LogP contribution in [0.5, 0.6) is 0 Å². The minimum Gasteiger partial charge on any atom is -0.328 e. The second-order valence-corrected chi connectivity index (χ2v) is 7.95. The fourth-order valence-electron chi connectivity index (χ4n) is 2.84. The van der Waals surface area contributed by atoms with Crippen LogP contribution in [0.25, 0.3) is 21.1 Å². The van der Waals surface area contributed by atoms with Crippen molar-refractivity contribution in [3.8, 4) is 0 Å². The number of benzene rings is 1. The standard InChI is InChI=1S/C19H19N3S2/c1-2-3-10-22-13-21-16-8-9-20-19(18(16)22)23-12-15-11-14-6-4-5-7-17(14)24-15/h4-9,11,13H,2-3,10,12H2,1H3. The molecule has 0 spiro atoms. The zero-order valence-electron chi connectivity index (χ0n) is 13.6. The van der Waals surface area contributed by atoms with Crippen molar-refractivity contribution in [2.75, 3.05) is 0 Å². The zero-order valence-corrected chi connectivity index (χ0v) is 15.2. The number of thiophene rings is 1. The van der Waals surface area contributed by atoms with Crippen LogP contribution in [0, 0.1) is 0 Å². The van der Waals surface area contributed by atoms with Gasteiger partial charge >= 0.3 is 0 Å². The molecule has 3 heterocycles. The van der Waals surface area contributed by atoms with Crippen molar-refractivity contribution in [2.24, 2.45) is 0 Å². The Morgan fingerprint density at radius 2 is 2.08 bits per heavy atom. The first-order valence-electron chi connectivity index (χ1n) is 8.25. The lowest BCUT2D eigenvalue weighted by molar-refractivity contribution is 0.642. The highest BCUT2D eigenvalue weighted by molar-refractivity contribution is 7.98. The third-order valence-corrected chi connectivity index (χ3v) is 6.40. The number of pyridine rings is 1. The fraction of sp³-hybridized carbons (Fsp3) is 0.263. The molecule has 0 atom stereocenters. The van der Waals surface area contributed by atoms with E-state index in [9.17, 15) is 0 Å². The lowest BCUT2D eigenvalue weighted by Crippen LogP contribution is -1.97. The molecule has 5 heteroatoms. The molecule has 24 heavy (non-hydrogen) atoms. The third-order valence-electron chi connectivity index (χ3n) is 4.07. The summed E-state index contributed by atoms with van der Waals surface area (Å²) in [5.41, 5.74) is 2.22. The minimum absolute atomic E-state index is 0.949. The van der Waals surface area contributed by atoms with E-state index in [1.807, 2.05) is 41.7 Å². The summed E-state index contributed by atoms with van der Waals surface area (Å²) in [5, 5.41) is 2.41. The van der Waals surface area contributed by atoms with Gasteiger partial charge in [0.1, 0.15) is 10.5 Å². The van der Waals surface area contributed by atoms with Crippen LogP contribution in [0.3, 0.4) is 0 Å². The van der Waals surface area contributed by atoms with Gasteiger partial charge in [0, 0.05) is 28.1 Å². The number of thioether (sulfide) groups is 1. The second kappa shape index (κ2) is 6.95. The van der Waals surface area contributed by atoms with Crippen LogP contribution in [0.4, 0.5) is 0 Å². The van der Waals surface area contributed by atoms with Gasteiger partial charge in [0.15, 0.2) is 0 Å². The number of unbranched alkanes of at least 4 members (excludes halogenated alkanes) is 1. The molecule has 3 aromatic heterocycles. The first kappa shape index (κ1) is 15.7. The molecule has 4 rings (SSSR count). The molecule has 0 saturated heterocycles. The summed E-state index contributed by atoms with van der Waals surface area (Å²) in [7, 11) is 0. The third kappa shape index (κ3) is 3.06. The number of aromatic nitrogens is 3. The quantitative estimate of drug-likeness (QED) is 0.414. The SMILES string of the molecule is CCCCn1cnc2ccnc(SCc3cc4ccccc4s3)c21. The molecule has 0 unspecified atom stereocenters. The van der Waals surface area contributed by atoms with Crippen molar-refractivity contribution in [2.45, 2.75) is 37.1 Å². The van der Waals surface area contributed by atoms with Crippen molar-refractivity contribution in [3.63, 3.8) is 0 Å². The fourth-order valence-corrected chi connectivity index (χ4v) is 4.97. The highest BCUT2D eigenvalue weighted by Gasteiger charge is 2.11. The maximum absolute atomic E-state index is 4.62. The highest BCUT2D eigenvalue weighted by atomic mass is 32.2. The van der Waals surface area contributed by atoms with Crippen molar-refractivity contribution in [3.05, 3.63) is 53.8 Å². The molecular weight excluding hydrogens is 334 g/mol. The van der Waals surface area contributed by atoms with Crippen LogP contribution in [-0.4, -0.2) is 14.5 Å². The van der Waals surface area contributed by atoms with Gasteiger partial charge in [0.25, 0.3) is 0 Å². The zero-order chi connectivity index (χ0) is 16.4.